The van der Waals surface area contributed by atoms with E-state index < -0.39 is 0 Å². The average Bonchev–Trinajstić information content (AvgIpc) is 2.49. The van der Waals surface area contributed by atoms with Gasteiger partial charge in [-0.15, -0.1) is 0 Å². The molecular weight excluding hydrogens is 276 g/mol. The van der Waals surface area contributed by atoms with E-state index in [0.29, 0.717) is 6.54 Å². The summed E-state index contributed by atoms with van der Waals surface area (Å²) in [6.45, 7) is 2.55. The minimum Gasteiger partial charge on any atom is -0.457 e. The van der Waals surface area contributed by atoms with Gasteiger partial charge in [0.25, 0.3) is 0 Å². The van der Waals surface area contributed by atoms with Gasteiger partial charge in [0.1, 0.15) is 17.9 Å². The van der Waals surface area contributed by atoms with Crippen LogP contribution in [0, 0.1) is 18.3 Å². The van der Waals surface area contributed by atoms with Gasteiger partial charge in [-0.2, -0.15) is 5.26 Å². The highest BCUT2D eigenvalue weighted by Crippen LogP contribution is 2.22. The Hall–Kier alpha value is -2.80. The van der Waals surface area contributed by atoms with Crippen LogP contribution in [-0.2, 0) is 11.2 Å². The molecule has 0 aromatic heterocycles. The molecule has 112 valence electrons. The Bertz CT molecular complexity index is 672. The van der Waals surface area contributed by atoms with E-state index in [2.05, 4.69) is 5.32 Å². The van der Waals surface area contributed by atoms with Crippen LogP contribution in [0.3, 0.4) is 0 Å². The zero-order valence-electron chi connectivity index (χ0n) is 12.5. The number of ether oxygens (including phenoxy) is 1. The first-order chi connectivity index (χ1) is 10.7. The van der Waals surface area contributed by atoms with Crippen LogP contribution < -0.4 is 10.1 Å². The van der Waals surface area contributed by atoms with Crippen molar-refractivity contribution in [3.63, 3.8) is 0 Å². The van der Waals surface area contributed by atoms with E-state index >= 15 is 0 Å². The Labute approximate surface area is 130 Å². The van der Waals surface area contributed by atoms with Gasteiger partial charge in [-0.1, -0.05) is 24.3 Å². The van der Waals surface area contributed by atoms with E-state index in [9.17, 15) is 4.79 Å². The smallest absolute Gasteiger partial charge is 0.234 e. The van der Waals surface area contributed by atoms with Gasteiger partial charge in [-0.05, 0) is 48.7 Å². The van der Waals surface area contributed by atoms with E-state index in [1.54, 1.807) is 0 Å². The molecule has 2 aromatic rings. The first kappa shape index (κ1) is 15.6. The molecule has 22 heavy (non-hydrogen) atoms. The van der Waals surface area contributed by atoms with Crippen LogP contribution in [-0.4, -0.2) is 12.5 Å². The number of nitrogens with one attached hydrogen (secondary N) is 1. The maximum absolute atomic E-state index is 11.2. The number of rotatable bonds is 6. The van der Waals surface area contributed by atoms with Crippen molar-refractivity contribution in [1.82, 2.24) is 5.32 Å². The standard InChI is InChI=1S/C18H18N2O2/c1-14-3-2-4-17(13-14)22-16-7-5-15(6-8-16)10-12-20-18(21)9-11-19/h2-8,13H,9-10,12H2,1H3,(H,20,21). The summed E-state index contributed by atoms with van der Waals surface area (Å²) in [5.41, 5.74) is 2.26. The van der Waals surface area contributed by atoms with Crippen molar-refractivity contribution in [2.24, 2.45) is 0 Å². The van der Waals surface area contributed by atoms with E-state index in [1.165, 1.54) is 0 Å². The molecule has 2 aromatic carbocycles. The summed E-state index contributed by atoms with van der Waals surface area (Å²) in [5, 5.41) is 11.1. The van der Waals surface area contributed by atoms with Crippen LogP contribution in [0.1, 0.15) is 17.5 Å². The molecule has 0 bridgehead atoms. The van der Waals surface area contributed by atoms with Crippen molar-refractivity contribution in [2.45, 2.75) is 19.8 Å². The van der Waals surface area contributed by atoms with Crippen LogP contribution in [0.15, 0.2) is 48.5 Å². The largest absolute Gasteiger partial charge is 0.457 e. The lowest BCUT2D eigenvalue weighted by Crippen LogP contribution is -2.24. The number of benzene rings is 2. The van der Waals surface area contributed by atoms with Gasteiger partial charge in [0, 0.05) is 6.54 Å². The Kier molecular flexibility index (Phi) is 5.56. The van der Waals surface area contributed by atoms with Crippen molar-refractivity contribution >= 4 is 5.91 Å². The van der Waals surface area contributed by atoms with E-state index in [1.807, 2.05) is 61.5 Å². The summed E-state index contributed by atoms with van der Waals surface area (Å²) in [7, 11) is 0. The second-order valence-electron chi connectivity index (χ2n) is 5.00. The number of hydrogen-bond acceptors (Lipinski definition) is 3. The maximum atomic E-state index is 11.2. The van der Waals surface area contributed by atoms with Crippen LogP contribution in [0.25, 0.3) is 0 Å². The molecule has 0 aliphatic heterocycles. The molecular formula is C18H18N2O2. The molecule has 1 N–H and O–H groups in total. The monoisotopic (exact) mass is 294 g/mol. The zero-order chi connectivity index (χ0) is 15.8. The second-order valence-corrected chi connectivity index (χ2v) is 5.00. The molecule has 0 aliphatic rings. The molecule has 4 heteroatoms. The zero-order valence-corrected chi connectivity index (χ0v) is 12.5. The van der Waals surface area contributed by atoms with Gasteiger partial charge in [-0.25, -0.2) is 0 Å². The number of aryl methyl sites for hydroxylation is 1. The average molecular weight is 294 g/mol. The molecule has 2 rings (SSSR count). The van der Waals surface area contributed by atoms with E-state index in [0.717, 1.165) is 29.0 Å². The van der Waals surface area contributed by atoms with Crippen LogP contribution in [0.2, 0.25) is 0 Å². The van der Waals surface area contributed by atoms with Crippen molar-refractivity contribution in [1.29, 1.82) is 5.26 Å². The predicted molar refractivity (Wildman–Crippen MR) is 84.6 cm³/mol. The fourth-order valence-corrected chi connectivity index (χ4v) is 2.02. The Morgan fingerprint density at radius 3 is 2.64 bits per heavy atom. The quantitative estimate of drug-likeness (QED) is 0.888. The Balaban J connectivity index is 1.85. The number of carbonyl (C=O) groups excluding carboxylic acids is 1. The molecule has 0 fully saturated rings. The first-order valence-corrected chi connectivity index (χ1v) is 7.14. The Morgan fingerprint density at radius 2 is 1.95 bits per heavy atom. The van der Waals surface area contributed by atoms with Crippen molar-refractivity contribution < 1.29 is 9.53 Å². The number of nitriles is 1. The van der Waals surface area contributed by atoms with Gasteiger partial charge in [0.2, 0.25) is 5.91 Å². The van der Waals surface area contributed by atoms with Crippen molar-refractivity contribution in [3.8, 4) is 17.6 Å². The first-order valence-electron chi connectivity index (χ1n) is 7.14. The molecule has 0 spiro atoms. The van der Waals surface area contributed by atoms with Gasteiger partial charge < -0.3 is 10.1 Å². The summed E-state index contributed by atoms with van der Waals surface area (Å²) in [4.78, 5) is 11.2. The van der Waals surface area contributed by atoms with Gasteiger partial charge >= 0.3 is 0 Å². The normalized spacial score (nSPS) is 9.82. The van der Waals surface area contributed by atoms with Gasteiger partial charge in [0.05, 0.1) is 6.07 Å². The number of carbonyl (C=O) groups is 1. The summed E-state index contributed by atoms with van der Waals surface area (Å²) >= 11 is 0. The molecule has 0 atom stereocenters. The molecule has 0 unspecified atom stereocenters. The van der Waals surface area contributed by atoms with Crippen LogP contribution >= 0.6 is 0 Å². The lowest BCUT2D eigenvalue weighted by atomic mass is 10.1. The third kappa shape index (κ3) is 4.95. The minimum absolute atomic E-state index is 0.0940. The summed E-state index contributed by atoms with van der Waals surface area (Å²) in [6.07, 6.45) is 0.630. The Morgan fingerprint density at radius 1 is 1.18 bits per heavy atom. The number of amides is 1. The summed E-state index contributed by atoms with van der Waals surface area (Å²) in [5.74, 6) is 1.36. The predicted octanol–water partition coefficient (Wildman–Crippen LogP) is 3.36. The minimum atomic E-state index is -0.234. The van der Waals surface area contributed by atoms with E-state index in [-0.39, 0.29) is 12.3 Å². The number of nitrogens with zero attached hydrogens (tertiary/aromatic N) is 1. The molecule has 1 amide bonds. The molecule has 0 heterocycles. The molecule has 0 saturated heterocycles. The SMILES string of the molecule is Cc1cccc(Oc2ccc(CCNC(=O)CC#N)cc2)c1. The maximum Gasteiger partial charge on any atom is 0.234 e. The van der Waals surface area contributed by atoms with Crippen molar-refractivity contribution in [3.05, 3.63) is 59.7 Å². The van der Waals surface area contributed by atoms with Crippen LogP contribution in [0.4, 0.5) is 0 Å². The highest BCUT2D eigenvalue weighted by atomic mass is 16.5. The summed E-state index contributed by atoms with van der Waals surface area (Å²) < 4.78 is 5.78. The summed E-state index contributed by atoms with van der Waals surface area (Å²) in [6, 6.07) is 17.5. The van der Waals surface area contributed by atoms with Crippen molar-refractivity contribution in [2.75, 3.05) is 6.54 Å². The molecule has 0 saturated carbocycles. The van der Waals surface area contributed by atoms with E-state index in [4.69, 9.17) is 10.00 Å². The topological polar surface area (TPSA) is 62.1 Å². The van der Waals surface area contributed by atoms with Gasteiger partial charge in [-0.3, -0.25) is 4.79 Å². The third-order valence-corrected chi connectivity index (χ3v) is 3.12. The molecule has 0 radical (unpaired) electrons. The molecule has 4 nitrogen and oxygen atoms in total. The van der Waals surface area contributed by atoms with Crippen LogP contribution in [0.5, 0.6) is 11.5 Å². The van der Waals surface area contributed by atoms with Gasteiger partial charge in [0.15, 0.2) is 0 Å². The lowest BCUT2D eigenvalue weighted by molar-refractivity contribution is -0.120. The highest BCUT2D eigenvalue weighted by Gasteiger charge is 2.01. The fraction of sp³-hybridized carbons (Fsp3) is 0.222. The number of hydrogen-bond donors (Lipinski definition) is 1. The third-order valence-electron chi connectivity index (χ3n) is 3.12. The second kappa shape index (κ2) is 7.84. The lowest BCUT2D eigenvalue weighted by Gasteiger charge is -2.08. The molecule has 0 aliphatic carbocycles. The highest BCUT2D eigenvalue weighted by molar-refractivity contribution is 5.77. The fourth-order valence-electron chi connectivity index (χ4n) is 2.02.